The van der Waals surface area contributed by atoms with Gasteiger partial charge in [-0.1, -0.05) is 12.1 Å². The molecule has 0 saturated carbocycles. The Hall–Kier alpha value is -3.22. The van der Waals surface area contributed by atoms with Crippen molar-refractivity contribution >= 4 is 11.9 Å². The molecule has 7 nitrogen and oxygen atoms in total. The van der Waals surface area contributed by atoms with Gasteiger partial charge in [-0.05, 0) is 29.8 Å². The first-order valence-corrected chi connectivity index (χ1v) is 6.62. The normalized spacial score (nSPS) is 10.1. The number of ether oxygens (including phenoxy) is 1. The van der Waals surface area contributed by atoms with Crippen LogP contribution in [-0.2, 0) is 11.3 Å². The van der Waals surface area contributed by atoms with E-state index in [1.54, 1.807) is 24.3 Å². The van der Waals surface area contributed by atoms with Crippen LogP contribution in [0, 0.1) is 0 Å². The van der Waals surface area contributed by atoms with Gasteiger partial charge < -0.3 is 25.4 Å². The van der Waals surface area contributed by atoms with Gasteiger partial charge in [0.05, 0.1) is 12.7 Å². The summed E-state index contributed by atoms with van der Waals surface area (Å²) in [5, 5.41) is 30.6. The molecule has 0 aliphatic carbocycles. The van der Waals surface area contributed by atoms with E-state index in [0.717, 1.165) is 17.7 Å². The molecule has 4 N–H and O–H groups in total. The van der Waals surface area contributed by atoms with Gasteiger partial charge >= 0.3 is 5.97 Å². The van der Waals surface area contributed by atoms with Crippen LogP contribution in [0.3, 0.4) is 0 Å². The number of methoxy groups -OCH3 is 1. The number of hydrogen-bond donors (Lipinski definition) is 4. The molecule has 0 aliphatic rings. The Morgan fingerprint density at radius 1 is 1.00 bits per heavy atom. The molecule has 120 valence electrons. The molecule has 0 bridgehead atoms. The van der Waals surface area contributed by atoms with Crippen molar-refractivity contribution < 1.29 is 29.6 Å². The van der Waals surface area contributed by atoms with Crippen molar-refractivity contribution in [1.29, 1.82) is 0 Å². The van der Waals surface area contributed by atoms with Crippen LogP contribution in [0.2, 0.25) is 0 Å². The molecular formula is C16H15NO6. The highest BCUT2D eigenvalue weighted by atomic mass is 16.5. The molecule has 0 fully saturated rings. The number of hydrogen-bond acceptors (Lipinski definition) is 6. The van der Waals surface area contributed by atoms with E-state index < -0.39 is 29.1 Å². The van der Waals surface area contributed by atoms with E-state index >= 15 is 0 Å². The monoisotopic (exact) mass is 317 g/mol. The molecule has 23 heavy (non-hydrogen) atoms. The van der Waals surface area contributed by atoms with Gasteiger partial charge in [-0.15, -0.1) is 0 Å². The topological polar surface area (TPSA) is 116 Å². The molecule has 0 radical (unpaired) electrons. The molecule has 0 atom stereocenters. The summed E-state index contributed by atoms with van der Waals surface area (Å²) in [6.45, 7) is 0.183. The first-order chi connectivity index (χ1) is 10.9. The summed E-state index contributed by atoms with van der Waals surface area (Å²) in [5.74, 6) is -2.83. The second-order valence-electron chi connectivity index (χ2n) is 4.73. The quantitative estimate of drug-likeness (QED) is 0.502. The lowest BCUT2D eigenvalue weighted by Crippen LogP contribution is -2.22. The van der Waals surface area contributed by atoms with E-state index in [4.69, 9.17) is 0 Å². The Morgan fingerprint density at radius 2 is 1.57 bits per heavy atom. The summed E-state index contributed by atoms with van der Waals surface area (Å²) in [6.07, 6.45) is 0. The van der Waals surface area contributed by atoms with Crippen LogP contribution in [-0.4, -0.2) is 34.3 Å². The summed E-state index contributed by atoms with van der Waals surface area (Å²) >= 11 is 0. The predicted molar refractivity (Wildman–Crippen MR) is 80.4 cm³/mol. The van der Waals surface area contributed by atoms with Crippen molar-refractivity contribution in [3.05, 3.63) is 53.1 Å². The van der Waals surface area contributed by atoms with Crippen molar-refractivity contribution in [3.63, 3.8) is 0 Å². The summed E-state index contributed by atoms with van der Waals surface area (Å²) in [5.41, 5.74) is 1.15. The summed E-state index contributed by atoms with van der Waals surface area (Å²) < 4.78 is 4.59. The fraction of sp³-hybridized carbons (Fsp3) is 0.125. The maximum Gasteiger partial charge on any atom is 0.337 e. The lowest BCUT2D eigenvalue weighted by atomic mass is 10.1. The Bertz CT molecular complexity index is 716. The number of nitrogens with one attached hydrogen (secondary N) is 1. The Balaban J connectivity index is 2.03. The van der Waals surface area contributed by atoms with Gasteiger partial charge in [0.2, 0.25) is 0 Å². The van der Waals surface area contributed by atoms with Crippen LogP contribution in [0.5, 0.6) is 17.2 Å². The molecule has 2 aromatic rings. The molecule has 2 rings (SSSR count). The van der Waals surface area contributed by atoms with Crippen LogP contribution in [0.25, 0.3) is 0 Å². The van der Waals surface area contributed by atoms with Crippen molar-refractivity contribution in [1.82, 2.24) is 5.32 Å². The van der Waals surface area contributed by atoms with Gasteiger partial charge in [-0.3, -0.25) is 4.79 Å². The maximum atomic E-state index is 12.0. The average molecular weight is 317 g/mol. The molecule has 0 heterocycles. The Labute approximate surface area is 131 Å². The van der Waals surface area contributed by atoms with Crippen molar-refractivity contribution in [2.45, 2.75) is 6.54 Å². The molecule has 0 spiro atoms. The number of esters is 1. The lowest BCUT2D eigenvalue weighted by molar-refractivity contribution is 0.0600. The van der Waals surface area contributed by atoms with Crippen LogP contribution in [0.4, 0.5) is 0 Å². The third-order valence-electron chi connectivity index (χ3n) is 3.16. The minimum Gasteiger partial charge on any atom is -0.504 e. The highest BCUT2D eigenvalue weighted by Gasteiger charge is 2.13. The van der Waals surface area contributed by atoms with E-state index in [2.05, 4.69) is 10.1 Å². The minimum absolute atomic E-state index is 0.00369. The highest BCUT2D eigenvalue weighted by molar-refractivity contribution is 5.95. The number of carbonyl (C=O) groups excluding carboxylic acids is 2. The van der Waals surface area contributed by atoms with E-state index in [0.29, 0.717) is 5.56 Å². The standard InChI is InChI=1S/C16H15NO6/c1-23-16(22)10-4-2-9(3-5-10)8-17-15(21)11-6-12(18)14(20)13(19)7-11/h2-7,18-20H,8H2,1H3,(H,17,21). The van der Waals surface area contributed by atoms with E-state index in [9.17, 15) is 24.9 Å². The molecule has 0 aromatic heterocycles. The first kappa shape index (κ1) is 16.2. The Kier molecular flexibility index (Phi) is 4.70. The summed E-state index contributed by atoms with van der Waals surface area (Å²) in [4.78, 5) is 23.3. The van der Waals surface area contributed by atoms with Gasteiger partial charge in [0, 0.05) is 12.1 Å². The molecule has 2 aromatic carbocycles. The van der Waals surface area contributed by atoms with Crippen LogP contribution in [0.15, 0.2) is 36.4 Å². The van der Waals surface area contributed by atoms with E-state index in [-0.39, 0.29) is 12.1 Å². The number of amides is 1. The molecule has 7 heteroatoms. The smallest absolute Gasteiger partial charge is 0.337 e. The van der Waals surface area contributed by atoms with Gasteiger partial charge in [0.25, 0.3) is 5.91 Å². The molecular weight excluding hydrogens is 302 g/mol. The van der Waals surface area contributed by atoms with E-state index in [1.807, 2.05) is 0 Å². The number of rotatable bonds is 4. The molecule has 0 unspecified atom stereocenters. The van der Waals surface area contributed by atoms with Gasteiger partial charge in [-0.25, -0.2) is 4.79 Å². The van der Waals surface area contributed by atoms with E-state index in [1.165, 1.54) is 7.11 Å². The van der Waals surface area contributed by atoms with Crippen LogP contribution in [0.1, 0.15) is 26.3 Å². The number of phenols is 3. The lowest BCUT2D eigenvalue weighted by Gasteiger charge is -2.08. The second-order valence-corrected chi connectivity index (χ2v) is 4.73. The first-order valence-electron chi connectivity index (χ1n) is 6.62. The number of aromatic hydroxyl groups is 3. The number of carbonyl (C=O) groups is 2. The predicted octanol–water partition coefficient (Wildman–Crippen LogP) is 1.52. The molecule has 0 saturated heterocycles. The zero-order chi connectivity index (χ0) is 17.0. The highest BCUT2D eigenvalue weighted by Crippen LogP contribution is 2.35. The number of benzene rings is 2. The fourth-order valence-electron chi connectivity index (χ4n) is 1.90. The third-order valence-corrected chi connectivity index (χ3v) is 3.16. The van der Waals surface area contributed by atoms with Crippen LogP contribution >= 0.6 is 0 Å². The second kappa shape index (κ2) is 6.69. The van der Waals surface area contributed by atoms with Crippen molar-refractivity contribution in [2.24, 2.45) is 0 Å². The SMILES string of the molecule is COC(=O)c1ccc(CNC(=O)c2cc(O)c(O)c(O)c2)cc1. The maximum absolute atomic E-state index is 12.0. The number of phenolic OH excluding ortho intramolecular Hbond substituents is 3. The Morgan fingerprint density at radius 3 is 2.09 bits per heavy atom. The van der Waals surface area contributed by atoms with Gasteiger partial charge in [-0.2, -0.15) is 0 Å². The minimum atomic E-state index is -0.681. The fourth-order valence-corrected chi connectivity index (χ4v) is 1.90. The zero-order valence-electron chi connectivity index (χ0n) is 12.2. The third kappa shape index (κ3) is 3.70. The summed E-state index contributed by atoms with van der Waals surface area (Å²) in [7, 11) is 1.29. The molecule has 1 amide bonds. The van der Waals surface area contributed by atoms with Crippen molar-refractivity contribution in [2.75, 3.05) is 7.11 Å². The van der Waals surface area contributed by atoms with Gasteiger partial charge in [0.15, 0.2) is 17.2 Å². The zero-order valence-corrected chi connectivity index (χ0v) is 12.2. The summed E-state index contributed by atoms with van der Waals surface area (Å²) in [6, 6.07) is 8.57. The molecule has 0 aliphatic heterocycles. The van der Waals surface area contributed by atoms with Gasteiger partial charge in [0.1, 0.15) is 0 Å². The van der Waals surface area contributed by atoms with Crippen LogP contribution < -0.4 is 5.32 Å². The van der Waals surface area contributed by atoms with Crippen molar-refractivity contribution in [3.8, 4) is 17.2 Å². The average Bonchev–Trinajstić information content (AvgIpc) is 2.56. The largest absolute Gasteiger partial charge is 0.504 e.